The Bertz CT molecular complexity index is 1180. The van der Waals surface area contributed by atoms with Crippen LogP contribution < -0.4 is 10.5 Å². The number of aromatic nitrogens is 1. The number of hydrogen-bond acceptors (Lipinski definition) is 3. The van der Waals surface area contributed by atoms with Crippen molar-refractivity contribution in [1.29, 1.82) is 5.26 Å². The second kappa shape index (κ2) is 7.75. The number of nitrogens with two attached hydrogens (primary N) is 1. The van der Waals surface area contributed by atoms with Gasteiger partial charge in [-0.3, -0.25) is 0 Å². The molecule has 0 atom stereocenters. The minimum absolute atomic E-state index is 0.670. The van der Waals surface area contributed by atoms with Crippen LogP contribution in [-0.2, 0) is 6.42 Å². The van der Waals surface area contributed by atoms with Crippen molar-refractivity contribution >= 4 is 21.7 Å². The number of methoxy groups -OCH3 is 1. The van der Waals surface area contributed by atoms with Gasteiger partial charge >= 0.3 is 0 Å². The number of nitrogens with one attached hydrogen (secondary N) is 1. The summed E-state index contributed by atoms with van der Waals surface area (Å²) in [5, 5.41) is 12.7. The summed E-state index contributed by atoms with van der Waals surface area (Å²) >= 11 is 0. The van der Waals surface area contributed by atoms with E-state index in [4.69, 9.17) is 10.5 Å². The normalized spacial score (nSPS) is 11.0. The van der Waals surface area contributed by atoms with Crippen LogP contribution in [0.5, 0.6) is 5.75 Å². The molecule has 4 aromatic rings. The van der Waals surface area contributed by atoms with Gasteiger partial charge in [0.25, 0.3) is 0 Å². The van der Waals surface area contributed by atoms with Gasteiger partial charge in [-0.15, -0.1) is 0 Å². The molecule has 0 aliphatic rings. The summed E-state index contributed by atoms with van der Waals surface area (Å²) in [5.41, 5.74) is 10.7. The second-order valence-electron chi connectivity index (χ2n) is 6.96. The molecule has 0 saturated carbocycles. The summed E-state index contributed by atoms with van der Waals surface area (Å²) in [4.78, 5) is 3.58. The lowest BCUT2D eigenvalue weighted by atomic mass is 9.97. The number of H-pyrrole nitrogens is 1. The van der Waals surface area contributed by atoms with Crippen molar-refractivity contribution in [2.24, 2.45) is 5.73 Å². The van der Waals surface area contributed by atoms with E-state index in [2.05, 4.69) is 35.3 Å². The highest BCUT2D eigenvalue weighted by Gasteiger charge is 2.18. The van der Waals surface area contributed by atoms with E-state index in [0.717, 1.165) is 57.9 Å². The predicted octanol–water partition coefficient (Wildman–Crippen LogP) is 5.15. The number of aryl methyl sites for hydroxylation is 1. The predicted molar refractivity (Wildman–Crippen MR) is 115 cm³/mol. The summed E-state index contributed by atoms with van der Waals surface area (Å²) in [6.07, 6.45) is 2.87. The Morgan fingerprint density at radius 1 is 1.04 bits per heavy atom. The molecule has 1 aromatic heterocycles. The van der Waals surface area contributed by atoms with Gasteiger partial charge < -0.3 is 15.5 Å². The number of nitrogens with zero attached hydrogens (tertiary/aromatic N) is 1. The molecule has 0 amide bonds. The molecule has 1 heterocycles. The Labute approximate surface area is 164 Å². The van der Waals surface area contributed by atoms with Crippen LogP contribution >= 0.6 is 0 Å². The Morgan fingerprint density at radius 2 is 1.89 bits per heavy atom. The van der Waals surface area contributed by atoms with Gasteiger partial charge in [0.15, 0.2) is 0 Å². The molecular formula is C24H23N3O. The number of unbranched alkanes of at least 4 members (excludes halogenated alkanes) is 1. The van der Waals surface area contributed by atoms with Crippen LogP contribution in [0.15, 0.2) is 54.6 Å². The lowest BCUT2D eigenvalue weighted by molar-refractivity contribution is 0.421. The summed E-state index contributed by atoms with van der Waals surface area (Å²) in [6.45, 7) is 0.681. The quantitative estimate of drug-likeness (QED) is 0.462. The Hall–Kier alpha value is -3.29. The van der Waals surface area contributed by atoms with E-state index in [9.17, 15) is 5.26 Å². The monoisotopic (exact) mass is 369 g/mol. The molecule has 140 valence electrons. The molecule has 3 aromatic carbocycles. The topological polar surface area (TPSA) is 74.8 Å². The highest BCUT2D eigenvalue weighted by molar-refractivity contribution is 5.98. The van der Waals surface area contributed by atoms with Crippen LogP contribution in [0.1, 0.15) is 24.0 Å². The van der Waals surface area contributed by atoms with Gasteiger partial charge in [0, 0.05) is 21.9 Å². The lowest BCUT2D eigenvalue weighted by Crippen LogP contribution is -1.99. The zero-order valence-electron chi connectivity index (χ0n) is 16.0. The highest BCUT2D eigenvalue weighted by atomic mass is 16.5. The van der Waals surface area contributed by atoms with Crippen molar-refractivity contribution in [3.05, 3.63) is 65.7 Å². The molecule has 3 N–H and O–H groups in total. The first-order chi connectivity index (χ1) is 13.8. The standard InChI is InChI=1S/C24H23N3O/c1-28-24-18-7-3-2-6-17(18)10-11-20(24)23-19(8-4-5-13-25)21-14-16(15-26)9-12-22(21)27-23/h2-3,6-7,9-12,14,27H,4-5,8,13,25H2,1H3. The average Bonchev–Trinajstić information content (AvgIpc) is 3.10. The molecule has 28 heavy (non-hydrogen) atoms. The van der Waals surface area contributed by atoms with Crippen molar-refractivity contribution in [2.45, 2.75) is 19.3 Å². The first-order valence-corrected chi connectivity index (χ1v) is 9.57. The second-order valence-corrected chi connectivity index (χ2v) is 6.96. The van der Waals surface area contributed by atoms with E-state index < -0.39 is 0 Å². The van der Waals surface area contributed by atoms with Crippen LogP contribution in [-0.4, -0.2) is 18.6 Å². The van der Waals surface area contributed by atoms with Gasteiger partial charge in [-0.25, -0.2) is 0 Å². The zero-order chi connectivity index (χ0) is 19.5. The molecule has 4 heteroatoms. The molecule has 0 fully saturated rings. The van der Waals surface area contributed by atoms with E-state index in [-0.39, 0.29) is 0 Å². The number of benzene rings is 3. The Morgan fingerprint density at radius 3 is 2.68 bits per heavy atom. The first kappa shape index (κ1) is 18.1. The van der Waals surface area contributed by atoms with Gasteiger partial charge in [-0.1, -0.05) is 30.3 Å². The summed E-state index contributed by atoms with van der Waals surface area (Å²) in [6, 6.07) is 20.5. The molecule has 0 saturated heterocycles. The smallest absolute Gasteiger partial charge is 0.136 e. The first-order valence-electron chi connectivity index (χ1n) is 9.57. The third-order valence-electron chi connectivity index (χ3n) is 5.27. The molecule has 4 nitrogen and oxygen atoms in total. The molecule has 0 bridgehead atoms. The van der Waals surface area contributed by atoms with Gasteiger partial charge in [-0.05, 0) is 61.0 Å². The van der Waals surface area contributed by atoms with Crippen molar-refractivity contribution in [3.63, 3.8) is 0 Å². The summed E-state index contributed by atoms with van der Waals surface area (Å²) in [7, 11) is 1.72. The van der Waals surface area contributed by atoms with Crippen LogP contribution in [0, 0.1) is 11.3 Å². The van der Waals surface area contributed by atoms with Crippen LogP contribution in [0.3, 0.4) is 0 Å². The zero-order valence-corrected chi connectivity index (χ0v) is 16.0. The van der Waals surface area contributed by atoms with Crippen LogP contribution in [0.25, 0.3) is 32.9 Å². The van der Waals surface area contributed by atoms with E-state index >= 15 is 0 Å². The minimum atomic E-state index is 0.670. The number of ether oxygens (including phenoxy) is 1. The SMILES string of the molecule is COc1c(-c2[nH]c3ccc(C#N)cc3c2CCCCN)ccc2ccccc12. The van der Waals surface area contributed by atoms with E-state index in [1.165, 1.54) is 5.56 Å². The van der Waals surface area contributed by atoms with E-state index in [0.29, 0.717) is 12.1 Å². The van der Waals surface area contributed by atoms with Gasteiger partial charge in [-0.2, -0.15) is 5.26 Å². The average molecular weight is 369 g/mol. The maximum Gasteiger partial charge on any atom is 0.136 e. The van der Waals surface area contributed by atoms with E-state index in [1.807, 2.05) is 30.3 Å². The van der Waals surface area contributed by atoms with Crippen molar-refractivity contribution in [1.82, 2.24) is 4.98 Å². The fraction of sp³-hybridized carbons (Fsp3) is 0.208. The summed E-state index contributed by atoms with van der Waals surface area (Å²) in [5.74, 6) is 0.866. The number of rotatable bonds is 6. The summed E-state index contributed by atoms with van der Waals surface area (Å²) < 4.78 is 5.84. The number of nitriles is 1. The number of aromatic amines is 1. The lowest BCUT2D eigenvalue weighted by Gasteiger charge is -2.13. The molecule has 0 unspecified atom stereocenters. The number of hydrogen-bond donors (Lipinski definition) is 2. The maximum atomic E-state index is 9.33. The largest absolute Gasteiger partial charge is 0.495 e. The molecule has 0 spiro atoms. The van der Waals surface area contributed by atoms with Gasteiger partial charge in [0.2, 0.25) is 0 Å². The fourth-order valence-corrected chi connectivity index (χ4v) is 3.91. The maximum absolute atomic E-state index is 9.33. The number of fused-ring (bicyclic) bond motifs is 2. The van der Waals surface area contributed by atoms with Crippen LogP contribution in [0.2, 0.25) is 0 Å². The molecule has 4 rings (SSSR count). The Kier molecular flexibility index (Phi) is 5.01. The highest BCUT2D eigenvalue weighted by Crippen LogP contribution is 2.40. The third-order valence-corrected chi connectivity index (χ3v) is 5.27. The van der Waals surface area contributed by atoms with E-state index in [1.54, 1.807) is 7.11 Å². The van der Waals surface area contributed by atoms with Crippen molar-refractivity contribution in [3.8, 4) is 23.1 Å². The molecular weight excluding hydrogens is 346 g/mol. The third kappa shape index (κ3) is 3.11. The van der Waals surface area contributed by atoms with Crippen LogP contribution in [0.4, 0.5) is 0 Å². The van der Waals surface area contributed by atoms with Crippen molar-refractivity contribution in [2.75, 3.05) is 13.7 Å². The Balaban J connectivity index is 1.96. The minimum Gasteiger partial charge on any atom is -0.495 e. The van der Waals surface area contributed by atoms with Crippen molar-refractivity contribution < 1.29 is 4.74 Å². The van der Waals surface area contributed by atoms with Gasteiger partial charge in [0.1, 0.15) is 5.75 Å². The molecule has 0 radical (unpaired) electrons. The molecule has 0 aliphatic heterocycles. The molecule has 0 aliphatic carbocycles. The fourth-order valence-electron chi connectivity index (χ4n) is 3.91. The van der Waals surface area contributed by atoms with Gasteiger partial charge in [0.05, 0.1) is 24.4 Å².